The second kappa shape index (κ2) is 25.7. The molecule has 0 saturated carbocycles. The summed E-state index contributed by atoms with van der Waals surface area (Å²) in [5.74, 6) is -3.41. The van der Waals surface area contributed by atoms with E-state index in [1.54, 1.807) is 0 Å². The van der Waals surface area contributed by atoms with Crippen LogP contribution in [0.5, 0.6) is 0 Å². The Morgan fingerprint density at radius 2 is 1.35 bits per heavy atom. The number of aromatic nitrogens is 2. The van der Waals surface area contributed by atoms with Crippen molar-refractivity contribution in [3.05, 3.63) is 18.2 Å². The van der Waals surface area contributed by atoms with Gasteiger partial charge in [0.1, 0.15) is 30.2 Å². The van der Waals surface area contributed by atoms with Crippen LogP contribution in [-0.4, -0.2) is 107 Å². The van der Waals surface area contributed by atoms with Crippen molar-refractivity contribution in [1.29, 1.82) is 0 Å². The molecule has 0 fully saturated rings. The molecule has 18 heteroatoms. The van der Waals surface area contributed by atoms with Gasteiger partial charge in [0, 0.05) is 31.7 Å². The molecule has 0 unspecified atom stereocenters. The lowest BCUT2D eigenvalue weighted by Crippen LogP contribution is -2.59. The Labute approximate surface area is 310 Å². The fourth-order valence-corrected chi connectivity index (χ4v) is 5.78. The number of unbranched alkanes of at least 4 members (excludes halogenated alkanes) is 3. The highest BCUT2D eigenvalue weighted by Crippen LogP contribution is 2.12. The molecular weight excluding hydrogens is 694 g/mol. The third-order valence-corrected chi connectivity index (χ3v) is 8.74. The van der Waals surface area contributed by atoms with Crippen LogP contribution in [0.25, 0.3) is 0 Å². The first-order valence-electron chi connectivity index (χ1n) is 17.7. The largest absolute Gasteiger partial charge is 0.469 e. The number of primary amides is 1. The SMILES string of the molecule is COC(=O)CCCCC[C@H](NC(=O)[C@H](CCCCN)NC(=O)[C@H](Cc1cnc[nH]1)NC(C)=O)C(=O)N[C@@H](CC(C)C)C(=O)N[C@@H](CCSC)C(N)=O. The van der Waals surface area contributed by atoms with E-state index in [9.17, 15) is 33.6 Å². The second-order valence-corrected chi connectivity index (χ2v) is 14.0. The van der Waals surface area contributed by atoms with Gasteiger partial charge in [-0.3, -0.25) is 33.6 Å². The number of amides is 6. The summed E-state index contributed by atoms with van der Waals surface area (Å²) in [6.07, 6.45) is 8.55. The quantitative estimate of drug-likeness (QED) is 0.0435. The molecule has 1 aromatic rings. The van der Waals surface area contributed by atoms with Crippen LogP contribution in [0.2, 0.25) is 0 Å². The number of ether oxygens (including phenoxy) is 1. The minimum absolute atomic E-state index is 0.0268. The maximum absolute atomic E-state index is 13.9. The normalized spacial score (nSPS) is 13.9. The Morgan fingerprint density at radius 1 is 0.788 bits per heavy atom. The summed E-state index contributed by atoms with van der Waals surface area (Å²) >= 11 is 1.49. The van der Waals surface area contributed by atoms with Gasteiger partial charge in [-0.15, -0.1) is 0 Å². The lowest BCUT2D eigenvalue weighted by molar-refractivity contribution is -0.140. The molecule has 10 N–H and O–H groups in total. The fraction of sp³-hybridized carbons (Fsp3) is 0.706. The van der Waals surface area contributed by atoms with Gasteiger partial charge < -0.3 is 47.8 Å². The number of carbonyl (C=O) groups excluding carboxylic acids is 7. The molecule has 17 nitrogen and oxygen atoms in total. The van der Waals surface area contributed by atoms with E-state index in [1.807, 2.05) is 20.1 Å². The van der Waals surface area contributed by atoms with Crippen molar-refractivity contribution < 1.29 is 38.3 Å². The number of imidazole rings is 1. The van der Waals surface area contributed by atoms with Gasteiger partial charge >= 0.3 is 5.97 Å². The van der Waals surface area contributed by atoms with Crippen LogP contribution in [-0.2, 0) is 44.7 Å². The van der Waals surface area contributed by atoms with Gasteiger partial charge in [-0.2, -0.15) is 11.8 Å². The van der Waals surface area contributed by atoms with Crippen LogP contribution in [0.15, 0.2) is 12.5 Å². The summed E-state index contributed by atoms with van der Waals surface area (Å²) in [7, 11) is 1.30. The number of hydrogen-bond acceptors (Lipinski definition) is 11. The van der Waals surface area contributed by atoms with E-state index in [2.05, 4.69) is 36.6 Å². The number of H-pyrrole nitrogens is 1. The minimum Gasteiger partial charge on any atom is -0.469 e. The summed E-state index contributed by atoms with van der Waals surface area (Å²) in [4.78, 5) is 97.0. The van der Waals surface area contributed by atoms with E-state index < -0.39 is 65.7 Å². The number of aromatic amines is 1. The van der Waals surface area contributed by atoms with E-state index in [4.69, 9.17) is 16.2 Å². The topological polar surface area (TPSA) is 270 Å². The molecule has 0 spiro atoms. The van der Waals surface area contributed by atoms with Crippen molar-refractivity contribution in [2.24, 2.45) is 17.4 Å². The number of nitrogens with two attached hydrogens (primary N) is 2. The highest BCUT2D eigenvalue weighted by molar-refractivity contribution is 7.98. The molecule has 5 atom stereocenters. The van der Waals surface area contributed by atoms with E-state index in [0.29, 0.717) is 56.5 Å². The molecule has 0 aliphatic carbocycles. The van der Waals surface area contributed by atoms with Crippen LogP contribution in [0.4, 0.5) is 0 Å². The number of methoxy groups -OCH3 is 1. The Kier molecular flexibility index (Phi) is 22.7. The molecular formula is C34H59N9O8S. The number of carbonyl (C=O) groups is 7. The zero-order valence-electron chi connectivity index (χ0n) is 31.1. The second-order valence-electron chi connectivity index (χ2n) is 13.1. The van der Waals surface area contributed by atoms with E-state index in [1.165, 1.54) is 38.3 Å². The van der Waals surface area contributed by atoms with Crippen molar-refractivity contribution in [3.63, 3.8) is 0 Å². The predicted molar refractivity (Wildman–Crippen MR) is 197 cm³/mol. The molecule has 0 aliphatic heterocycles. The third kappa shape index (κ3) is 18.9. The number of nitrogens with one attached hydrogen (secondary N) is 6. The Balaban J connectivity index is 3.29. The van der Waals surface area contributed by atoms with Crippen LogP contribution in [0, 0.1) is 5.92 Å². The summed E-state index contributed by atoms with van der Waals surface area (Å²) < 4.78 is 4.70. The zero-order chi connectivity index (χ0) is 39.1. The van der Waals surface area contributed by atoms with Crippen LogP contribution in [0.1, 0.15) is 90.7 Å². The standard InChI is InChI=1S/C34H59N9O8S/c1-21(2)17-27(33(49)40-24(30(36)46)14-16-52-5)43-32(48)25(11-7-6-8-13-29(45)51-4)41-31(47)26(12-9-10-15-35)42-34(50)28(39-22(3)44)18-23-19-37-20-38-23/h19-21,24-28H,6-18,35H2,1-5H3,(H2,36,46)(H,37,38)(H,39,44)(H,40,49)(H,41,47)(H,42,50)(H,43,48)/t24-,25-,26-,27-,28-/m0/s1. The summed E-state index contributed by atoms with van der Waals surface area (Å²) in [6, 6.07) is -5.20. The van der Waals surface area contributed by atoms with Crippen molar-refractivity contribution in [3.8, 4) is 0 Å². The van der Waals surface area contributed by atoms with Gasteiger partial charge in [-0.1, -0.05) is 26.7 Å². The molecule has 6 amide bonds. The number of thioether (sulfide) groups is 1. The Hall–Kier alpha value is -4.19. The van der Waals surface area contributed by atoms with E-state index >= 15 is 0 Å². The maximum Gasteiger partial charge on any atom is 0.305 e. The monoisotopic (exact) mass is 753 g/mol. The summed E-state index contributed by atoms with van der Waals surface area (Å²) in [5.41, 5.74) is 11.8. The smallest absolute Gasteiger partial charge is 0.305 e. The van der Waals surface area contributed by atoms with Gasteiger partial charge in [0.15, 0.2) is 0 Å². The molecule has 1 aromatic heterocycles. The Morgan fingerprint density at radius 3 is 1.85 bits per heavy atom. The first-order valence-corrected chi connectivity index (χ1v) is 19.1. The summed E-state index contributed by atoms with van der Waals surface area (Å²) in [6.45, 7) is 5.39. The van der Waals surface area contributed by atoms with Gasteiger partial charge in [-0.25, -0.2) is 4.98 Å². The molecule has 1 heterocycles. The molecule has 1 rings (SSSR count). The number of hydrogen-bond donors (Lipinski definition) is 8. The average Bonchev–Trinajstić information content (AvgIpc) is 3.60. The predicted octanol–water partition coefficient (Wildman–Crippen LogP) is -0.0669. The average molecular weight is 754 g/mol. The lowest BCUT2D eigenvalue weighted by Gasteiger charge is -2.27. The number of esters is 1. The van der Waals surface area contributed by atoms with Crippen LogP contribution >= 0.6 is 11.8 Å². The van der Waals surface area contributed by atoms with Gasteiger partial charge in [0.2, 0.25) is 35.4 Å². The van der Waals surface area contributed by atoms with Crippen molar-refractivity contribution in [1.82, 2.24) is 36.6 Å². The zero-order valence-corrected chi connectivity index (χ0v) is 31.9. The van der Waals surface area contributed by atoms with E-state index in [-0.39, 0.29) is 44.0 Å². The summed E-state index contributed by atoms with van der Waals surface area (Å²) in [5, 5.41) is 13.5. The number of rotatable bonds is 27. The van der Waals surface area contributed by atoms with Crippen LogP contribution < -0.4 is 38.1 Å². The fourth-order valence-electron chi connectivity index (χ4n) is 5.31. The highest BCUT2D eigenvalue weighted by Gasteiger charge is 2.32. The Bertz CT molecular complexity index is 1280. The van der Waals surface area contributed by atoms with Crippen molar-refractivity contribution in [2.75, 3.05) is 25.7 Å². The van der Waals surface area contributed by atoms with Gasteiger partial charge in [0.25, 0.3) is 0 Å². The molecule has 0 aromatic carbocycles. The molecule has 294 valence electrons. The maximum atomic E-state index is 13.9. The molecule has 0 saturated heterocycles. The lowest BCUT2D eigenvalue weighted by atomic mass is 10.0. The van der Waals surface area contributed by atoms with E-state index in [0.717, 1.165) is 0 Å². The molecule has 0 aliphatic rings. The van der Waals surface area contributed by atoms with Crippen LogP contribution in [0.3, 0.4) is 0 Å². The third-order valence-electron chi connectivity index (χ3n) is 8.10. The van der Waals surface area contributed by atoms with Crippen molar-refractivity contribution in [2.45, 2.75) is 122 Å². The highest BCUT2D eigenvalue weighted by atomic mass is 32.2. The first-order chi connectivity index (χ1) is 24.7. The molecule has 0 bridgehead atoms. The molecule has 52 heavy (non-hydrogen) atoms. The minimum atomic E-state index is -1.12. The first kappa shape index (κ1) is 45.8. The van der Waals surface area contributed by atoms with Gasteiger partial charge in [-0.05, 0) is 69.4 Å². The number of nitrogens with zero attached hydrogens (tertiary/aromatic N) is 1. The van der Waals surface area contributed by atoms with Gasteiger partial charge in [0.05, 0.1) is 13.4 Å². The van der Waals surface area contributed by atoms with Crippen molar-refractivity contribution >= 4 is 53.2 Å². The molecule has 0 radical (unpaired) electrons.